The van der Waals surface area contributed by atoms with Gasteiger partial charge in [-0.3, -0.25) is 9.89 Å². The van der Waals surface area contributed by atoms with Crippen molar-refractivity contribution in [3.8, 4) is 11.3 Å². The molecule has 0 fully saturated rings. The maximum absolute atomic E-state index is 13.6. The molecule has 4 rings (SSSR count). The first-order valence-electron chi connectivity index (χ1n) is 7.57. The van der Waals surface area contributed by atoms with Gasteiger partial charge in [-0.25, -0.2) is 4.39 Å². The van der Waals surface area contributed by atoms with Crippen LogP contribution < -0.4 is 10.2 Å². The van der Waals surface area contributed by atoms with Gasteiger partial charge in [-0.2, -0.15) is 5.10 Å². The summed E-state index contributed by atoms with van der Waals surface area (Å²) in [5.74, 6) is -0.459. The third-order valence-electron chi connectivity index (χ3n) is 4.26. The van der Waals surface area contributed by atoms with Gasteiger partial charge in [-0.1, -0.05) is 24.3 Å². The van der Waals surface area contributed by atoms with Crippen LogP contribution in [0.2, 0.25) is 0 Å². The van der Waals surface area contributed by atoms with Crippen LogP contribution in [-0.2, 0) is 0 Å². The van der Waals surface area contributed by atoms with Gasteiger partial charge in [0.2, 0.25) is 0 Å². The molecule has 1 atom stereocenters. The van der Waals surface area contributed by atoms with Crippen molar-refractivity contribution in [1.82, 2.24) is 15.5 Å². The number of nitrogens with zero attached hydrogens (tertiary/aromatic N) is 2. The van der Waals surface area contributed by atoms with E-state index in [1.807, 2.05) is 30.1 Å². The predicted molar refractivity (Wildman–Crippen MR) is 89.0 cm³/mol. The van der Waals surface area contributed by atoms with Crippen LogP contribution in [0.3, 0.4) is 0 Å². The van der Waals surface area contributed by atoms with Gasteiger partial charge in [-0.05, 0) is 24.3 Å². The van der Waals surface area contributed by atoms with Crippen LogP contribution in [0.25, 0.3) is 11.3 Å². The standard InChI is InChI=1S/C18H15FN4O/c1-23-15-8-3-2-7-13(15)18(24)21-17(23)14-10-20-22-16(14)11-5-4-6-12(19)9-11/h2-10,17H,1H3,(H,20,22)(H,21,24). The summed E-state index contributed by atoms with van der Waals surface area (Å²) in [4.78, 5) is 14.4. The van der Waals surface area contributed by atoms with Gasteiger partial charge in [-0.15, -0.1) is 0 Å². The molecule has 0 spiro atoms. The molecule has 0 saturated carbocycles. The van der Waals surface area contributed by atoms with Crippen LogP contribution in [0.5, 0.6) is 0 Å². The van der Waals surface area contributed by atoms with E-state index in [0.29, 0.717) is 16.8 Å². The van der Waals surface area contributed by atoms with E-state index in [4.69, 9.17) is 0 Å². The number of carbonyl (C=O) groups excluding carboxylic acids is 1. The lowest BCUT2D eigenvalue weighted by Gasteiger charge is -2.36. The Labute approximate surface area is 138 Å². The zero-order valence-corrected chi connectivity index (χ0v) is 13.0. The smallest absolute Gasteiger partial charge is 0.255 e. The second kappa shape index (κ2) is 5.49. The molecule has 120 valence electrons. The first kappa shape index (κ1) is 14.4. The number of para-hydroxylation sites is 1. The zero-order valence-electron chi connectivity index (χ0n) is 13.0. The average molecular weight is 322 g/mol. The number of rotatable bonds is 2. The van der Waals surface area contributed by atoms with Crippen molar-refractivity contribution in [2.45, 2.75) is 6.17 Å². The molecule has 0 bridgehead atoms. The number of nitrogens with one attached hydrogen (secondary N) is 2. The first-order chi connectivity index (χ1) is 11.6. The molecule has 2 heterocycles. The van der Waals surface area contributed by atoms with E-state index in [1.165, 1.54) is 12.1 Å². The minimum absolute atomic E-state index is 0.139. The Morgan fingerprint density at radius 3 is 2.83 bits per heavy atom. The van der Waals surface area contributed by atoms with Crippen LogP contribution in [0.1, 0.15) is 22.1 Å². The number of fused-ring (bicyclic) bond motifs is 1. The van der Waals surface area contributed by atoms with Crippen molar-refractivity contribution in [2.24, 2.45) is 0 Å². The molecule has 24 heavy (non-hydrogen) atoms. The van der Waals surface area contributed by atoms with Crippen LogP contribution in [-0.4, -0.2) is 23.2 Å². The van der Waals surface area contributed by atoms with Crippen LogP contribution in [0.15, 0.2) is 54.7 Å². The summed E-state index contributed by atoms with van der Waals surface area (Å²) in [6, 6.07) is 13.7. The Bertz CT molecular complexity index is 921. The molecule has 1 amide bonds. The lowest BCUT2D eigenvalue weighted by Crippen LogP contribution is -2.44. The minimum atomic E-state index is -0.385. The third-order valence-corrected chi connectivity index (χ3v) is 4.26. The van der Waals surface area contributed by atoms with Gasteiger partial charge in [0.15, 0.2) is 0 Å². The fraction of sp³-hybridized carbons (Fsp3) is 0.111. The summed E-state index contributed by atoms with van der Waals surface area (Å²) in [7, 11) is 1.91. The van der Waals surface area contributed by atoms with E-state index in [-0.39, 0.29) is 17.9 Å². The van der Waals surface area contributed by atoms with Crippen molar-refractivity contribution < 1.29 is 9.18 Å². The summed E-state index contributed by atoms with van der Waals surface area (Å²) in [5.41, 5.74) is 3.63. The highest BCUT2D eigenvalue weighted by Gasteiger charge is 2.31. The number of H-pyrrole nitrogens is 1. The second-order valence-corrected chi connectivity index (χ2v) is 5.71. The predicted octanol–water partition coefficient (Wildman–Crippen LogP) is 3.09. The Kier molecular flexibility index (Phi) is 3.30. The molecular weight excluding hydrogens is 307 g/mol. The Morgan fingerprint density at radius 1 is 1.17 bits per heavy atom. The van der Waals surface area contributed by atoms with Crippen molar-refractivity contribution in [1.29, 1.82) is 0 Å². The maximum atomic E-state index is 13.6. The molecule has 6 heteroatoms. The molecule has 1 aliphatic rings. The van der Waals surface area contributed by atoms with E-state index in [2.05, 4.69) is 15.5 Å². The van der Waals surface area contributed by atoms with Gasteiger partial charge in [0.25, 0.3) is 5.91 Å². The largest absolute Gasteiger partial charge is 0.350 e. The van der Waals surface area contributed by atoms with Crippen LogP contribution >= 0.6 is 0 Å². The Hall–Kier alpha value is -3.15. The molecular formula is C18H15FN4O. The van der Waals surface area contributed by atoms with Crippen molar-refractivity contribution in [3.05, 3.63) is 71.7 Å². The molecule has 3 aromatic rings. The van der Waals surface area contributed by atoms with Crippen molar-refractivity contribution in [2.75, 3.05) is 11.9 Å². The van der Waals surface area contributed by atoms with E-state index < -0.39 is 0 Å². The molecule has 1 aliphatic heterocycles. The van der Waals surface area contributed by atoms with Crippen LogP contribution in [0, 0.1) is 5.82 Å². The van der Waals surface area contributed by atoms with E-state index in [1.54, 1.807) is 24.4 Å². The Morgan fingerprint density at radius 2 is 2.00 bits per heavy atom. The first-order valence-corrected chi connectivity index (χ1v) is 7.57. The van der Waals surface area contributed by atoms with Gasteiger partial charge in [0, 0.05) is 18.2 Å². The summed E-state index contributed by atoms with van der Waals surface area (Å²) in [6.07, 6.45) is 1.28. The summed E-state index contributed by atoms with van der Waals surface area (Å²) < 4.78 is 13.6. The van der Waals surface area contributed by atoms with Crippen molar-refractivity contribution >= 4 is 11.6 Å². The molecule has 1 aromatic heterocycles. The normalized spacial score (nSPS) is 16.7. The number of hydrogen-bond acceptors (Lipinski definition) is 3. The van der Waals surface area contributed by atoms with E-state index in [9.17, 15) is 9.18 Å². The van der Waals surface area contributed by atoms with Crippen molar-refractivity contribution in [3.63, 3.8) is 0 Å². The Balaban J connectivity index is 1.79. The number of carbonyl (C=O) groups is 1. The third kappa shape index (κ3) is 2.23. The maximum Gasteiger partial charge on any atom is 0.255 e. The van der Waals surface area contributed by atoms with Gasteiger partial charge in [0.1, 0.15) is 12.0 Å². The van der Waals surface area contributed by atoms with E-state index >= 15 is 0 Å². The zero-order chi connectivity index (χ0) is 16.7. The van der Waals surface area contributed by atoms with E-state index in [0.717, 1.165) is 11.3 Å². The summed E-state index contributed by atoms with van der Waals surface area (Å²) in [5, 5.41) is 9.99. The fourth-order valence-electron chi connectivity index (χ4n) is 3.08. The number of aromatic nitrogens is 2. The number of amides is 1. The lowest BCUT2D eigenvalue weighted by atomic mass is 10.0. The molecule has 2 aromatic carbocycles. The van der Waals surface area contributed by atoms with Gasteiger partial charge in [0.05, 0.1) is 23.1 Å². The molecule has 0 aliphatic carbocycles. The molecule has 0 saturated heterocycles. The van der Waals surface area contributed by atoms with Crippen LogP contribution in [0.4, 0.5) is 10.1 Å². The lowest BCUT2D eigenvalue weighted by molar-refractivity contribution is 0.0928. The summed E-state index contributed by atoms with van der Waals surface area (Å²) in [6.45, 7) is 0. The van der Waals surface area contributed by atoms with Gasteiger partial charge < -0.3 is 10.2 Å². The number of halogens is 1. The fourth-order valence-corrected chi connectivity index (χ4v) is 3.08. The summed E-state index contributed by atoms with van der Waals surface area (Å²) >= 11 is 0. The highest BCUT2D eigenvalue weighted by molar-refractivity contribution is 6.02. The van der Waals surface area contributed by atoms with Gasteiger partial charge >= 0.3 is 0 Å². The number of aromatic amines is 1. The molecule has 1 unspecified atom stereocenters. The molecule has 0 radical (unpaired) electrons. The average Bonchev–Trinajstić information content (AvgIpc) is 3.08. The quantitative estimate of drug-likeness (QED) is 0.762. The topological polar surface area (TPSA) is 61.0 Å². The molecule has 2 N–H and O–H groups in total. The SMILES string of the molecule is CN1c2ccccc2C(=O)NC1c1cn[nH]c1-c1cccc(F)c1. The second-order valence-electron chi connectivity index (χ2n) is 5.71. The number of benzene rings is 2. The monoisotopic (exact) mass is 322 g/mol. The minimum Gasteiger partial charge on any atom is -0.350 e. The highest BCUT2D eigenvalue weighted by atomic mass is 19.1. The number of anilines is 1. The highest BCUT2D eigenvalue weighted by Crippen LogP contribution is 2.35. The molecule has 5 nitrogen and oxygen atoms in total. The number of hydrogen-bond donors (Lipinski definition) is 2.